The Bertz CT molecular complexity index is 743. The fraction of sp³-hybridized carbons (Fsp3) is 0.652. The standard InChI is InChI=1S/C23H34N4O2/c1-16(17-9-5-4-6-10-17)25-22(24-15-19(28)27(2)3)26-20-18-11-14-29-21(18)23(20)12-7-8-13-23/h4-6,9-10,16,18,20-21H,7-8,11-15H2,1-3H3,(H2,24,25,26). The number of benzene rings is 1. The van der Waals surface area contributed by atoms with E-state index < -0.39 is 0 Å². The number of carbonyl (C=O) groups excluding carboxylic acids is 1. The Balaban J connectivity index is 1.52. The van der Waals surface area contributed by atoms with Crippen LogP contribution < -0.4 is 10.6 Å². The summed E-state index contributed by atoms with van der Waals surface area (Å²) in [6.45, 7) is 3.15. The van der Waals surface area contributed by atoms with Crippen molar-refractivity contribution in [3.05, 3.63) is 35.9 Å². The molecule has 6 nitrogen and oxygen atoms in total. The number of ether oxygens (including phenoxy) is 1. The molecule has 2 N–H and O–H groups in total. The normalized spacial score (nSPS) is 28.5. The Kier molecular flexibility index (Phi) is 5.81. The summed E-state index contributed by atoms with van der Waals surface area (Å²) in [6.07, 6.45) is 6.53. The second-order valence-corrected chi connectivity index (χ2v) is 9.04. The molecular formula is C23H34N4O2. The van der Waals surface area contributed by atoms with E-state index >= 15 is 0 Å². The highest BCUT2D eigenvalue weighted by molar-refractivity contribution is 5.85. The first-order valence-corrected chi connectivity index (χ1v) is 11.0. The molecule has 3 aliphatic rings. The first-order chi connectivity index (χ1) is 14.0. The van der Waals surface area contributed by atoms with Crippen molar-refractivity contribution >= 4 is 11.9 Å². The Labute approximate surface area is 174 Å². The first-order valence-electron chi connectivity index (χ1n) is 11.0. The van der Waals surface area contributed by atoms with Crippen LogP contribution in [0.2, 0.25) is 0 Å². The van der Waals surface area contributed by atoms with Gasteiger partial charge in [0.2, 0.25) is 5.91 Å². The van der Waals surface area contributed by atoms with Gasteiger partial charge in [-0.1, -0.05) is 43.2 Å². The maximum Gasteiger partial charge on any atom is 0.243 e. The molecule has 1 aromatic carbocycles. The minimum atomic E-state index is 0.00438. The van der Waals surface area contributed by atoms with Gasteiger partial charge in [0.25, 0.3) is 0 Å². The molecule has 158 valence electrons. The minimum absolute atomic E-state index is 0.00438. The number of aliphatic imine (C=N–C) groups is 1. The van der Waals surface area contributed by atoms with Gasteiger partial charge in [-0.2, -0.15) is 0 Å². The third-order valence-corrected chi connectivity index (χ3v) is 7.10. The molecule has 4 rings (SSSR count). The fourth-order valence-corrected chi connectivity index (χ4v) is 5.50. The zero-order chi connectivity index (χ0) is 20.4. The van der Waals surface area contributed by atoms with Gasteiger partial charge in [-0.3, -0.25) is 4.79 Å². The van der Waals surface area contributed by atoms with Crippen molar-refractivity contribution in [3.8, 4) is 0 Å². The van der Waals surface area contributed by atoms with Crippen LogP contribution >= 0.6 is 0 Å². The number of fused-ring (bicyclic) bond motifs is 2. The average Bonchev–Trinajstić information content (AvgIpc) is 3.39. The number of rotatable bonds is 5. The van der Waals surface area contributed by atoms with E-state index in [1.54, 1.807) is 19.0 Å². The van der Waals surface area contributed by atoms with Gasteiger partial charge in [-0.15, -0.1) is 0 Å². The minimum Gasteiger partial charge on any atom is -0.377 e. The predicted molar refractivity (Wildman–Crippen MR) is 115 cm³/mol. The molecule has 29 heavy (non-hydrogen) atoms. The van der Waals surface area contributed by atoms with Gasteiger partial charge in [-0.25, -0.2) is 4.99 Å². The van der Waals surface area contributed by atoms with Gasteiger partial charge < -0.3 is 20.3 Å². The molecule has 0 aromatic heterocycles. The highest BCUT2D eigenvalue weighted by Gasteiger charge is 2.65. The van der Waals surface area contributed by atoms with Gasteiger partial charge in [0.1, 0.15) is 6.54 Å². The molecule has 1 spiro atoms. The number of likely N-dealkylation sites (N-methyl/N-ethyl adjacent to an activating group) is 1. The number of hydrogen-bond acceptors (Lipinski definition) is 3. The highest BCUT2D eigenvalue weighted by atomic mass is 16.5. The van der Waals surface area contributed by atoms with Crippen molar-refractivity contribution in [2.75, 3.05) is 27.2 Å². The smallest absolute Gasteiger partial charge is 0.243 e. The molecule has 6 heteroatoms. The molecule has 2 saturated carbocycles. The molecule has 0 radical (unpaired) electrons. The summed E-state index contributed by atoms with van der Waals surface area (Å²) in [4.78, 5) is 18.4. The number of hydrogen-bond donors (Lipinski definition) is 2. The van der Waals surface area contributed by atoms with E-state index in [4.69, 9.17) is 4.74 Å². The van der Waals surface area contributed by atoms with Gasteiger partial charge in [0, 0.05) is 38.1 Å². The maximum atomic E-state index is 12.1. The molecular weight excluding hydrogens is 364 g/mol. The topological polar surface area (TPSA) is 66.0 Å². The van der Waals surface area contributed by atoms with Crippen LogP contribution in [0, 0.1) is 11.3 Å². The van der Waals surface area contributed by atoms with E-state index in [9.17, 15) is 4.79 Å². The molecule has 4 atom stereocenters. The lowest BCUT2D eigenvalue weighted by molar-refractivity contribution is -0.127. The summed E-state index contributed by atoms with van der Waals surface area (Å²) < 4.78 is 6.12. The Morgan fingerprint density at radius 2 is 2.00 bits per heavy atom. The molecule has 1 heterocycles. The summed E-state index contributed by atoms with van der Waals surface area (Å²) in [5, 5.41) is 7.28. The Morgan fingerprint density at radius 1 is 1.28 bits per heavy atom. The summed E-state index contributed by atoms with van der Waals surface area (Å²) in [7, 11) is 3.54. The van der Waals surface area contributed by atoms with Crippen molar-refractivity contribution in [2.24, 2.45) is 16.3 Å². The maximum absolute atomic E-state index is 12.1. The van der Waals surface area contributed by atoms with E-state index in [-0.39, 0.29) is 23.9 Å². The highest BCUT2D eigenvalue weighted by Crippen LogP contribution is 2.60. The lowest BCUT2D eigenvalue weighted by atomic mass is 9.54. The largest absolute Gasteiger partial charge is 0.377 e. The van der Waals surface area contributed by atoms with Crippen LogP contribution in [0.25, 0.3) is 0 Å². The van der Waals surface area contributed by atoms with Crippen LogP contribution in [0.1, 0.15) is 50.6 Å². The van der Waals surface area contributed by atoms with Crippen molar-refractivity contribution in [1.82, 2.24) is 15.5 Å². The molecule has 0 bridgehead atoms. The van der Waals surface area contributed by atoms with E-state index in [1.165, 1.54) is 31.2 Å². The van der Waals surface area contributed by atoms with Crippen molar-refractivity contribution in [1.29, 1.82) is 0 Å². The molecule has 1 saturated heterocycles. The lowest BCUT2D eigenvalue weighted by Crippen LogP contribution is -2.69. The molecule has 2 aliphatic carbocycles. The zero-order valence-corrected chi connectivity index (χ0v) is 17.9. The molecule has 4 unspecified atom stereocenters. The van der Waals surface area contributed by atoms with Crippen LogP contribution in [-0.2, 0) is 9.53 Å². The van der Waals surface area contributed by atoms with E-state index in [1.807, 2.05) is 18.2 Å². The third kappa shape index (κ3) is 3.87. The van der Waals surface area contributed by atoms with Crippen molar-refractivity contribution in [2.45, 2.75) is 57.2 Å². The summed E-state index contributed by atoms with van der Waals surface area (Å²) in [6, 6.07) is 10.8. The number of carbonyl (C=O) groups is 1. The number of guanidine groups is 1. The van der Waals surface area contributed by atoms with Crippen LogP contribution in [0.3, 0.4) is 0 Å². The summed E-state index contributed by atoms with van der Waals surface area (Å²) >= 11 is 0. The second-order valence-electron chi connectivity index (χ2n) is 9.04. The quantitative estimate of drug-likeness (QED) is 0.591. The van der Waals surface area contributed by atoms with E-state index in [2.05, 4.69) is 34.7 Å². The lowest BCUT2D eigenvalue weighted by Gasteiger charge is -2.57. The summed E-state index contributed by atoms with van der Waals surface area (Å²) in [5.74, 6) is 1.29. The van der Waals surface area contributed by atoms with Crippen LogP contribution in [0.5, 0.6) is 0 Å². The number of nitrogens with one attached hydrogen (secondary N) is 2. The number of amides is 1. The SMILES string of the molecule is CC(NC(=NCC(=O)N(C)C)NC1C2CCOC2C12CCCC2)c1ccccc1. The monoisotopic (exact) mass is 398 g/mol. The molecule has 1 amide bonds. The average molecular weight is 399 g/mol. The van der Waals surface area contributed by atoms with E-state index in [0.717, 1.165) is 19.0 Å². The van der Waals surface area contributed by atoms with Gasteiger partial charge in [0.15, 0.2) is 5.96 Å². The number of nitrogens with zero attached hydrogens (tertiary/aromatic N) is 2. The first kappa shape index (κ1) is 20.2. The predicted octanol–water partition coefficient (Wildman–Crippen LogP) is 2.72. The molecule has 3 fully saturated rings. The Hall–Kier alpha value is -2.08. The van der Waals surface area contributed by atoms with Gasteiger partial charge in [0.05, 0.1) is 12.1 Å². The zero-order valence-electron chi connectivity index (χ0n) is 17.9. The second kappa shape index (κ2) is 8.34. The Morgan fingerprint density at radius 3 is 2.69 bits per heavy atom. The van der Waals surface area contributed by atoms with E-state index in [0.29, 0.717) is 18.1 Å². The van der Waals surface area contributed by atoms with Crippen molar-refractivity contribution < 1.29 is 9.53 Å². The van der Waals surface area contributed by atoms with Crippen LogP contribution in [0.4, 0.5) is 0 Å². The fourth-order valence-electron chi connectivity index (χ4n) is 5.50. The van der Waals surface area contributed by atoms with Crippen LogP contribution in [0.15, 0.2) is 35.3 Å². The third-order valence-electron chi connectivity index (χ3n) is 7.10. The van der Waals surface area contributed by atoms with Gasteiger partial charge in [-0.05, 0) is 31.7 Å². The molecule has 1 aliphatic heterocycles. The summed E-state index contributed by atoms with van der Waals surface area (Å²) in [5.41, 5.74) is 1.44. The van der Waals surface area contributed by atoms with Crippen LogP contribution in [-0.4, -0.2) is 56.2 Å². The molecule has 1 aromatic rings. The van der Waals surface area contributed by atoms with Gasteiger partial charge >= 0.3 is 0 Å². The van der Waals surface area contributed by atoms with Crippen molar-refractivity contribution in [3.63, 3.8) is 0 Å².